The van der Waals surface area contributed by atoms with Crippen molar-refractivity contribution in [3.63, 3.8) is 0 Å². The minimum atomic E-state index is -2.48. The molecule has 4 nitrogen and oxygen atoms in total. The molecule has 0 saturated carbocycles. The monoisotopic (exact) mass is 414 g/mol. The number of hydrogen-bond acceptors (Lipinski definition) is 4. The fourth-order valence-electron chi connectivity index (χ4n) is 3.06. The van der Waals surface area contributed by atoms with Crippen molar-refractivity contribution in [2.75, 3.05) is 13.7 Å². The van der Waals surface area contributed by atoms with Gasteiger partial charge in [0.05, 0.1) is 0 Å². The van der Waals surface area contributed by atoms with Gasteiger partial charge in [-0.15, -0.1) is 0 Å². The van der Waals surface area contributed by atoms with Gasteiger partial charge in [-0.05, 0) is 0 Å². The Bertz CT molecular complexity index is 519. The van der Waals surface area contributed by atoms with Crippen molar-refractivity contribution in [2.45, 2.75) is 47.4 Å². The Kier molecular flexibility index (Phi) is 6.98. The molecule has 0 aromatic heterocycles. The van der Waals surface area contributed by atoms with Crippen LogP contribution in [-0.2, 0) is 19.1 Å². The molecule has 5 heteroatoms. The van der Waals surface area contributed by atoms with Crippen LogP contribution in [0.5, 0.6) is 0 Å². The van der Waals surface area contributed by atoms with Crippen LogP contribution in [0, 0.1) is 17.3 Å². The molecule has 0 amide bonds. The average molecular weight is 413 g/mol. The third-order valence-electron chi connectivity index (χ3n) is 3.91. The predicted octanol–water partition coefficient (Wildman–Crippen LogP) is 3.09. The number of rotatable bonds is 4. The van der Waals surface area contributed by atoms with E-state index in [0.717, 1.165) is 19.3 Å². The van der Waals surface area contributed by atoms with Crippen LogP contribution in [0.2, 0.25) is 14.8 Å². The summed E-state index contributed by atoms with van der Waals surface area (Å²) < 4.78 is 11.2. The summed E-state index contributed by atoms with van der Waals surface area (Å²) in [4.78, 5) is 30.8. The number of allylic oxidation sites excluding steroid dienone is 1. The number of carbonyl (C=O) groups excluding carboxylic acids is 2. The van der Waals surface area contributed by atoms with E-state index in [-0.39, 0.29) is 5.97 Å². The Morgan fingerprint density at radius 1 is 1.36 bits per heavy atom. The van der Waals surface area contributed by atoms with Crippen LogP contribution < -0.4 is 0 Å². The normalized spacial score (nSPS) is 21.2. The molecule has 1 aliphatic carbocycles. The van der Waals surface area contributed by atoms with Gasteiger partial charge in [0.25, 0.3) is 0 Å². The summed E-state index contributed by atoms with van der Waals surface area (Å²) in [7, 11) is 1.30. The van der Waals surface area contributed by atoms with E-state index in [9.17, 15) is 9.59 Å². The molecule has 0 N–H and O–H groups in total. The third-order valence-corrected chi connectivity index (χ3v) is 10.5. The van der Waals surface area contributed by atoms with E-state index < -0.39 is 29.8 Å². The Balaban J connectivity index is 3.23. The quantitative estimate of drug-likeness (QED) is 0.308. The molecule has 0 fully saturated rings. The van der Waals surface area contributed by atoms with Crippen LogP contribution in [0.4, 0.5) is 0 Å². The summed E-state index contributed by atoms with van der Waals surface area (Å²) in [5.74, 6) is 4.55. The van der Waals surface area contributed by atoms with Gasteiger partial charge in [0.1, 0.15) is 0 Å². The summed E-state index contributed by atoms with van der Waals surface area (Å²) in [6.07, 6.45) is 5.28. The van der Waals surface area contributed by atoms with Gasteiger partial charge >= 0.3 is 137 Å². The second-order valence-corrected chi connectivity index (χ2v) is 20.9. The molecule has 122 valence electrons. The molecule has 1 rings (SSSR count). The number of hydrogen-bond donors (Lipinski definition) is 0. The maximum atomic E-state index is 12.7. The van der Waals surface area contributed by atoms with Crippen LogP contribution in [0.1, 0.15) is 32.6 Å². The van der Waals surface area contributed by atoms with Gasteiger partial charge in [-0.1, -0.05) is 0 Å². The fraction of sp³-hybridized carbons (Fsp3) is 0.647. The van der Waals surface area contributed by atoms with E-state index in [2.05, 4.69) is 37.5 Å². The molecular formula is C17H26O4Sn. The van der Waals surface area contributed by atoms with Crippen LogP contribution in [0.3, 0.4) is 0 Å². The van der Waals surface area contributed by atoms with Gasteiger partial charge in [-0.3, -0.25) is 0 Å². The van der Waals surface area contributed by atoms with Crippen molar-refractivity contribution in [2.24, 2.45) is 5.41 Å². The van der Waals surface area contributed by atoms with Gasteiger partial charge in [0, 0.05) is 0 Å². The Hall–Kier alpha value is -0.961. The van der Waals surface area contributed by atoms with Crippen LogP contribution in [-0.4, -0.2) is 44.0 Å². The van der Waals surface area contributed by atoms with E-state index in [1.807, 2.05) is 6.92 Å². The molecule has 0 aliphatic heterocycles. The Morgan fingerprint density at radius 3 is 2.59 bits per heavy atom. The van der Waals surface area contributed by atoms with Gasteiger partial charge in [-0.25, -0.2) is 0 Å². The van der Waals surface area contributed by atoms with Crippen molar-refractivity contribution in [1.29, 1.82) is 0 Å². The second-order valence-electron chi connectivity index (χ2n) is 6.53. The molecule has 0 aromatic carbocycles. The first-order chi connectivity index (χ1) is 10.3. The molecule has 0 radical (unpaired) electrons. The van der Waals surface area contributed by atoms with Gasteiger partial charge < -0.3 is 0 Å². The first kappa shape index (κ1) is 19.1. The Labute approximate surface area is 137 Å². The number of esters is 2. The molecule has 1 unspecified atom stereocenters. The second kappa shape index (κ2) is 8.05. The molecule has 0 bridgehead atoms. The van der Waals surface area contributed by atoms with Crippen molar-refractivity contribution in [1.82, 2.24) is 0 Å². The van der Waals surface area contributed by atoms with Crippen molar-refractivity contribution in [3.8, 4) is 11.8 Å². The molecule has 0 saturated heterocycles. The maximum absolute atomic E-state index is 12.7. The number of methoxy groups -OCH3 is 1. The van der Waals surface area contributed by atoms with Crippen LogP contribution in [0.15, 0.2) is 9.67 Å². The summed E-state index contributed by atoms with van der Waals surface area (Å²) in [6, 6.07) is 0. The van der Waals surface area contributed by atoms with Crippen molar-refractivity contribution in [3.05, 3.63) is 9.67 Å². The van der Waals surface area contributed by atoms with Gasteiger partial charge in [0.2, 0.25) is 0 Å². The molecule has 0 aromatic rings. The predicted molar refractivity (Wildman–Crippen MR) is 88.8 cm³/mol. The molecule has 0 heterocycles. The minimum absolute atomic E-state index is 0.188. The molecule has 1 atom stereocenters. The third kappa shape index (κ3) is 4.52. The fourth-order valence-corrected chi connectivity index (χ4v) is 10.2. The average Bonchev–Trinajstić information content (AvgIpc) is 2.46. The number of ether oxygens (including phenoxy) is 2. The molecule has 0 spiro atoms. The topological polar surface area (TPSA) is 52.6 Å². The van der Waals surface area contributed by atoms with Crippen molar-refractivity contribution >= 4 is 30.3 Å². The summed E-state index contributed by atoms with van der Waals surface area (Å²) in [5.41, 5.74) is -0.663. The SMILES string of the molecule is CCOC(=O)C1(CC#CC(=O)OC)CCCC=[C]1[Sn]([CH3])([CH3])[CH3]. The first-order valence-electron chi connectivity index (χ1n) is 7.73. The van der Waals surface area contributed by atoms with E-state index in [0.29, 0.717) is 13.0 Å². The van der Waals surface area contributed by atoms with Crippen LogP contribution in [0.25, 0.3) is 0 Å². The van der Waals surface area contributed by atoms with E-state index >= 15 is 0 Å². The van der Waals surface area contributed by atoms with E-state index in [1.165, 1.54) is 10.7 Å². The standard InChI is InChI=1S/C14H17O4.3CH3.Sn/c1-3-18-13(16)14(9-5-4-6-10-14)11-7-8-12(15)17-2;;;;/h5H,3-4,6,10-11H2,1-2H3;3*1H3;. The zero-order chi connectivity index (χ0) is 16.8. The zero-order valence-electron chi connectivity index (χ0n) is 14.2. The molecular weight excluding hydrogens is 387 g/mol. The Morgan fingerprint density at radius 2 is 2.05 bits per heavy atom. The van der Waals surface area contributed by atoms with E-state index in [1.54, 1.807) is 0 Å². The first-order valence-corrected chi connectivity index (χ1v) is 17.7. The summed E-state index contributed by atoms with van der Waals surface area (Å²) in [6.45, 7) is 2.18. The molecule has 1 aliphatic rings. The number of carbonyl (C=O) groups is 2. The zero-order valence-corrected chi connectivity index (χ0v) is 17.1. The van der Waals surface area contributed by atoms with Crippen LogP contribution >= 0.6 is 0 Å². The molecule has 22 heavy (non-hydrogen) atoms. The van der Waals surface area contributed by atoms with Gasteiger partial charge in [-0.2, -0.15) is 0 Å². The van der Waals surface area contributed by atoms with Gasteiger partial charge in [0.15, 0.2) is 0 Å². The summed E-state index contributed by atoms with van der Waals surface area (Å²) >= 11 is -2.48. The van der Waals surface area contributed by atoms with E-state index in [4.69, 9.17) is 4.74 Å². The summed E-state index contributed by atoms with van der Waals surface area (Å²) in [5, 5.41) is 0. The van der Waals surface area contributed by atoms with Crippen molar-refractivity contribution < 1.29 is 19.1 Å².